The van der Waals surface area contributed by atoms with E-state index >= 15 is 0 Å². The van der Waals surface area contributed by atoms with Crippen molar-refractivity contribution < 1.29 is 4.79 Å². The summed E-state index contributed by atoms with van der Waals surface area (Å²) in [5, 5.41) is 0. The molecule has 0 aliphatic heterocycles. The molecule has 2 N–H and O–H groups in total. The fourth-order valence-corrected chi connectivity index (χ4v) is 1.49. The number of hydrogen-bond donors (Lipinski definition) is 1. The number of hydrogen-bond acceptors (Lipinski definition) is 2. The summed E-state index contributed by atoms with van der Waals surface area (Å²) in [6, 6.07) is 0.0686. The number of carbonyl (C=O) groups excluding carboxylic acids is 1. The van der Waals surface area contributed by atoms with E-state index in [1.54, 1.807) is 0 Å². The van der Waals surface area contributed by atoms with Gasteiger partial charge in [0.25, 0.3) is 0 Å². The molecule has 0 unspecified atom stereocenters. The molecule has 2 heteroatoms. The van der Waals surface area contributed by atoms with Gasteiger partial charge in [0.1, 0.15) is 6.29 Å². The van der Waals surface area contributed by atoms with Crippen LogP contribution in [0.3, 0.4) is 0 Å². The van der Waals surface area contributed by atoms with Crippen molar-refractivity contribution in [2.24, 2.45) is 11.7 Å². The van der Waals surface area contributed by atoms with Crippen molar-refractivity contribution in [3.8, 4) is 0 Å². The van der Waals surface area contributed by atoms with Crippen LogP contribution in [0.25, 0.3) is 0 Å². The summed E-state index contributed by atoms with van der Waals surface area (Å²) in [5.74, 6) is 0.0851. The molecule has 0 aromatic carbocycles. The highest BCUT2D eigenvalue weighted by Gasteiger charge is 2.14. The highest BCUT2D eigenvalue weighted by atomic mass is 16.1. The molecule has 0 fully saturated rings. The lowest BCUT2D eigenvalue weighted by Gasteiger charge is -2.16. The van der Waals surface area contributed by atoms with Crippen molar-refractivity contribution in [2.45, 2.75) is 58.4 Å². The number of rotatable bonds is 8. The third kappa shape index (κ3) is 5.81. The summed E-state index contributed by atoms with van der Waals surface area (Å²) in [4.78, 5) is 10.7. The highest BCUT2D eigenvalue weighted by Crippen LogP contribution is 2.13. The van der Waals surface area contributed by atoms with Gasteiger partial charge in [-0.25, -0.2) is 0 Å². The van der Waals surface area contributed by atoms with Crippen molar-refractivity contribution >= 4 is 6.29 Å². The van der Waals surface area contributed by atoms with E-state index in [0.717, 1.165) is 25.5 Å². The molecular formula is C11H23NO. The Morgan fingerprint density at radius 1 is 1.23 bits per heavy atom. The number of aldehydes is 1. The van der Waals surface area contributed by atoms with E-state index < -0.39 is 0 Å². The fourth-order valence-electron chi connectivity index (χ4n) is 1.49. The Labute approximate surface area is 81.9 Å². The molecule has 0 rings (SSSR count). The predicted octanol–water partition coefficient (Wildman–Crippen LogP) is 2.51. The number of nitrogens with two attached hydrogens (primary N) is 1. The summed E-state index contributed by atoms with van der Waals surface area (Å²) in [6.07, 6.45) is 7.79. The number of carbonyl (C=O) groups is 1. The molecule has 0 spiro atoms. The van der Waals surface area contributed by atoms with Crippen molar-refractivity contribution in [3.05, 3.63) is 0 Å². The van der Waals surface area contributed by atoms with E-state index in [1.807, 2.05) is 6.92 Å². The minimum atomic E-state index is 0.0686. The molecule has 0 aromatic rings. The summed E-state index contributed by atoms with van der Waals surface area (Å²) in [5.41, 5.74) is 5.81. The van der Waals surface area contributed by atoms with E-state index in [4.69, 9.17) is 5.73 Å². The molecule has 0 radical (unpaired) electrons. The van der Waals surface area contributed by atoms with Gasteiger partial charge in [0.15, 0.2) is 0 Å². The van der Waals surface area contributed by atoms with Gasteiger partial charge < -0.3 is 10.5 Å². The van der Waals surface area contributed by atoms with Gasteiger partial charge in [-0.05, 0) is 12.8 Å². The third-order valence-corrected chi connectivity index (χ3v) is 2.59. The molecule has 2 nitrogen and oxygen atoms in total. The monoisotopic (exact) mass is 185 g/mol. The molecule has 78 valence electrons. The van der Waals surface area contributed by atoms with Gasteiger partial charge in [-0.15, -0.1) is 0 Å². The van der Waals surface area contributed by atoms with Crippen LogP contribution < -0.4 is 5.73 Å². The van der Waals surface area contributed by atoms with Crippen molar-refractivity contribution in [3.63, 3.8) is 0 Å². The summed E-state index contributed by atoms with van der Waals surface area (Å²) < 4.78 is 0. The Hall–Kier alpha value is -0.370. The maximum Gasteiger partial charge on any atom is 0.124 e. The maximum atomic E-state index is 10.7. The van der Waals surface area contributed by atoms with E-state index in [9.17, 15) is 4.79 Å². The second-order valence-electron chi connectivity index (χ2n) is 3.72. The smallest absolute Gasteiger partial charge is 0.124 e. The SMILES string of the molecule is CCCCCC[C@@H](C=O)[C@@H](N)CC. The topological polar surface area (TPSA) is 43.1 Å². The van der Waals surface area contributed by atoms with Crippen molar-refractivity contribution in [2.75, 3.05) is 0 Å². The Balaban J connectivity index is 3.53. The molecule has 0 saturated carbocycles. The zero-order valence-electron chi connectivity index (χ0n) is 8.96. The third-order valence-electron chi connectivity index (χ3n) is 2.59. The first-order valence-corrected chi connectivity index (χ1v) is 5.47. The van der Waals surface area contributed by atoms with Crippen LogP contribution in [0.2, 0.25) is 0 Å². The zero-order valence-corrected chi connectivity index (χ0v) is 8.96. The molecular weight excluding hydrogens is 162 g/mol. The molecule has 0 bridgehead atoms. The minimum absolute atomic E-state index is 0.0686. The quantitative estimate of drug-likeness (QED) is 0.466. The largest absolute Gasteiger partial charge is 0.327 e. The van der Waals surface area contributed by atoms with Gasteiger partial charge in [0, 0.05) is 12.0 Å². The Bertz CT molecular complexity index is 125. The Morgan fingerprint density at radius 2 is 1.92 bits per heavy atom. The lowest BCUT2D eigenvalue weighted by Crippen LogP contribution is -2.30. The van der Waals surface area contributed by atoms with Crippen LogP contribution in [0.5, 0.6) is 0 Å². The van der Waals surface area contributed by atoms with Crippen LogP contribution in [0, 0.1) is 5.92 Å². The average Bonchev–Trinajstić information content (AvgIpc) is 2.17. The van der Waals surface area contributed by atoms with Crippen LogP contribution in [-0.4, -0.2) is 12.3 Å². The van der Waals surface area contributed by atoms with Crippen molar-refractivity contribution in [1.82, 2.24) is 0 Å². The summed E-state index contributed by atoms with van der Waals surface area (Å²) >= 11 is 0. The van der Waals surface area contributed by atoms with Crippen LogP contribution >= 0.6 is 0 Å². The summed E-state index contributed by atoms with van der Waals surface area (Å²) in [6.45, 7) is 4.22. The van der Waals surface area contributed by atoms with Gasteiger partial charge >= 0.3 is 0 Å². The van der Waals surface area contributed by atoms with E-state index in [0.29, 0.717) is 0 Å². The summed E-state index contributed by atoms with van der Waals surface area (Å²) in [7, 11) is 0. The fraction of sp³-hybridized carbons (Fsp3) is 0.909. The van der Waals surface area contributed by atoms with E-state index in [-0.39, 0.29) is 12.0 Å². The standard InChI is InChI=1S/C11H23NO/c1-3-5-6-7-8-10(9-13)11(12)4-2/h9-11H,3-8,12H2,1-2H3/t10-,11-/m0/s1. The zero-order chi connectivity index (χ0) is 10.1. The number of unbranched alkanes of at least 4 members (excludes halogenated alkanes) is 3. The van der Waals surface area contributed by atoms with Crippen LogP contribution in [0.1, 0.15) is 52.4 Å². The molecule has 13 heavy (non-hydrogen) atoms. The van der Waals surface area contributed by atoms with Gasteiger partial charge in [0.2, 0.25) is 0 Å². The van der Waals surface area contributed by atoms with Crippen LogP contribution in [-0.2, 0) is 4.79 Å². The van der Waals surface area contributed by atoms with Gasteiger partial charge in [0.05, 0.1) is 0 Å². The molecule has 0 aromatic heterocycles. The van der Waals surface area contributed by atoms with E-state index in [1.165, 1.54) is 19.3 Å². The first-order valence-electron chi connectivity index (χ1n) is 5.47. The molecule has 0 heterocycles. The van der Waals surface area contributed by atoms with Gasteiger partial charge in [-0.3, -0.25) is 0 Å². The molecule has 0 aliphatic carbocycles. The van der Waals surface area contributed by atoms with Gasteiger partial charge in [-0.1, -0.05) is 39.5 Å². The first-order chi connectivity index (χ1) is 6.26. The molecule has 2 atom stereocenters. The minimum Gasteiger partial charge on any atom is -0.327 e. The molecule has 0 aliphatic rings. The lowest BCUT2D eigenvalue weighted by atomic mass is 9.93. The van der Waals surface area contributed by atoms with Crippen LogP contribution in [0.15, 0.2) is 0 Å². The maximum absolute atomic E-state index is 10.7. The predicted molar refractivity (Wildman–Crippen MR) is 56.6 cm³/mol. The average molecular weight is 185 g/mol. The second-order valence-corrected chi connectivity index (χ2v) is 3.72. The van der Waals surface area contributed by atoms with Crippen molar-refractivity contribution in [1.29, 1.82) is 0 Å². The second kappa shape index (κ2) is 8.24. The highest BCUT2D eigenvalue weighted by molar-refractivity contribution is 5.54. The lowest BCUT2D eigenvalue weighted by molar-refractivity contribution is -0.111. The van der Waals surface area contributed by atoms with E-state index in [2.05, 4.69) is 6.92 Å². The first kappa shape index (κ1) is 12.6. The Kier molecular flexibility index (Phi) is 8.00. The normalized spacial score (nSPS) is 15.3. The molecule has 0 saturated heterocycles. The van der Waals surface area contributed by atoms with Crippen LogP contribution in [0.4, 0.5) is 0 Å². The molecule has 0 amide bonds. The van der Waals surface area contributed by atoms with Gasteiger partial charge in [-0.2, -0.15) is 0 Å². The Morgan fingerprint density at radius 3 is 2.38 bits per heavy atom.